The van der Waals surface area contributed by atoms with Crippen molar-refractivity contribution in [1.29, 1.82) is 0 Å². The molecular weight excluding hydrogens is 354 g/mol. The largest absolute Gasteiger partial charge is 0.352 e. The number of thiophene rings is 1. The first-order valence-electron chi connectivity index (χ1n) is 7.99. The second-order valence-corrected chi connectivity index (χ2v) is 6.98. The molecule has 25 heavy (non-hydrogen) atoms. The number of rotatable bonds is 7. The number of amides is 1. The fourth-order valence-electron chi connectivity index (χ4n) is 2.36. The number of benzene rings is 1. The molecule has 0 aliphatic rings. The lowest BCUT2D eigenvalue weighted by Crippen LogP contribution is -2.22. The summed E-state index contributed by atoms with van der Waals surface area (Å²) < 4.78 is 1.99. The quantitative estimate of drug-likeness (QED) is 0.491. The molecule has 6 heteroatoms. The molecule has 0 saturated heterocycles. The van der Waals surface area contributed by atoms with E-state index in [2.05, 4.69) is 10.3 Å². The van der Waals surface area contributed by atoms with Gasteiger partial charge in [0.1, 0.15) is 0 Å². The fourth-order valence-corrected chi connectivity index (χ4v) is 3.60. The van der Waals surface area contributed by atoms with E-state index in [1.54, 1.807) is 29.9 Å². The molecule has 0 spiro atoms. The summed E-state index contributed by atoms with van der Waals surface area (Å²) in [6.07, 6.45) is 9.70. The average molecular weight is 372 g/mol. The van der Waals surface area contributed by atoms with E-state index >= 15 is 0 Å². The van der Waals surface area contributed by atoms with Crippen molar-refractivity contribution in [3.8, 4) is 10.4 Å². The van der Waals surface area contributed by atoms with Gasteiger partial charge in [-0.2, -0.15) is 0 Å². The molecule has 2 heterocycles. The summed E-state index contributed by atoms with van der Waals surface area (Å²) in [6, 6.07) is 11.8. The van der Waals surface area contributed by atoms with Crippen LogP contribution in [0.25, 0.3) is 16.5 Å². The number of nitrogens with one attached hydrogen (secondary N) is 1. The number of aryl methyl sites for hydroxylation is 1. The minimum Gasteiger partial charge on any atom is -0.352 e. The van der Waals surface area contributed by atoms with Gasteiger partial charge in [-0.05, 0) is 30.7 Å². The van der Waals surface area contributed by atoms with Crippen LogP contribution >= 0.6 is 22.9 Å². The van der Waals surface area contributed by atoms with Crippen LogP contribution in [0.5, 0.6) is 0 Å². The SMILES string of the molecule is O=C(C=Cc1ccc(-c2ccccc2Cl)s1)NCCCn1ccnc1. The first kappa shape index (κ1) is 17.5. The topological polar surface area (TPSA) is 46.9 Å². The Morgan fingerprint density at radius 3 is 2.96 bits per heavy atom. The first-order valence-corrected chi connectivity index (χ1v) is 9.18. The second kappa shape index (κ2) is 8.65. The van der Waals surface area contributed by atoms with Gasteiger partial charge in [0.05, 0.1) is 6.33 Å². The van der Waals surface area contributed by atoms with Crippen LogP contribution < -0.4 is 5.32 Å². The Morgan fingerprint density at radius 1 is 1.28 bits per heavy atom. The van der Waals surface area contributed by atoms with Gasteiger partial charge in [-0.3, -0.25) is 4.79 Å². The molecule has 3 aromatic rings. The van der Waals surface area contributed by atoms with Crippen LogP contribution in [0.1, 0.15) is 11.3 Å². The summed E-state index contributed by atoms with van der Waals surface area (Å²) in [4.78, 5) is 18.0. The van der Waals surface area contributed by atoms with Gasteiger partial charge in [-0.25, -0.2) is 4.98 Å². The number of nitrogens with zero attached hydrogens (tertiary/aromatic N) is 2. The predicted octanol–water partition coefficient (Wildman–Crippen LogP) is 4.48. The summed E-state index contributed by atoms with van der Waals surface area (Å²) in [5.41, 5.74) is 1.01. The Labute approximate surface area is 155 Å². The van der Waals surface area contributed by atoms with E-state index in [0.717, 1.165) is 33.3 Å². The zero-order valence-electron chi connectivity index (χ0n) is 13.6. The van der Waals surface area contributed by atoms with Crippen LogP contribution in [-0.2, 0) is 11.3 Å². The molecule has 0 bridgehead atoms. The van der Waals surface area contributed by atoms with E-state index in [1.807, 2.05) is 53.2 Å². The van der Waals surface area contributed by atoms with Crippen molar-refractivity contribution in [3.63, 3.8) is 0 Å². The molecule has 128 valence electrons. The summed E-state index contributed by atoms with van der Waals surface area (Å²) in [5.74, 6) is -0.0849. The van der Waals surface area contributed by atoms with Crippen LogP contribution in [0, 0.1) is 0 Å². The van der Waals surface area contributed by atoms with Crippen LogP contribution in [0.2, 0.25) is 5.02 Å². The van der Waals surface area contributed by atoms with Crippen LogP contribution in [0.3, 0.4) is 0 Å². The van der Waals surface area contributed by atoms with Crippen molar-refractivity contribution >= 4 is 34.9 Å². The number of hydrogen-bond donors (Lipinski definition) is 1. The maximum Gasteiger partial charge on any atom is 0.244 e. The Kier molecular flexibility index (Phi) is 6.04. The maximum absolute atomic E-state index is 11.9. The number of carbonyl (C=O) groups excluding carboxylic acids is 1. The minimum absolute atomic E-state index is 0.0849. The molecule has 0 unspecified atom stereocenters. The number of hydrogen-bond acceptors (Lipinski definition) is 3. The van der Waals surface area contributed by atoms with Gasteiger partial charge in [-0.15, -0.1) is 11.3 Å². The van der Waals surface area contributed by atoms with Gasteiger partial charge in [0.15, 0.2) is 0 Å². The molecule has 2 aromatic heterocycles. The third-order valence-electron chi connectivity index (χ3n) is 3.62. The third-order valence-corrected chi connectivity index (χ3v) is 5.03. The predicted molar refractivity (Wildman–Crippen MR) is 104 cm³/mol. The second-order valence-electron chi connectivity index (χ2n) is 5.46. The summed E-state index contributed by atoms with van der Waals surface area (Å²) in [6.45, 7) is 1.48. The van der Waals surface area contributed by atoms with E-state index in [1.165, 1.54) is 0 Å². The normalized spacial score (nSPS) is 11.1. The van der Waals surface area contributed by atoms with Gasteiger partial charge in [-0.1, -0.05) is 29.8 Å². The molecule has 1 amide bonds. The molecule has 0 saturated carbocycles. The molecule has 1 N–H and O–H groups in total. The van der Waals surface area contributed by atoms with Gasteiger partial charge >= 0.3 is 0 Å². The highest BCUT2D eigenvalue weighted by Crippen LogP contribution is 2.33. The molecule has 3 rings (SSSR count). The Balaban J connectivity index is 1.48. The van der Waals surface area contributed by atoms with Gasteiger partial charge < -0.3 is 9.88 Å². The molecular formula is C19H18ClN3OS. The van der Waals surface area contributed by atoms with Gasteiger partial charge in [0, 0.05) is 51.9 Å². The van der Waals surface area contributed by atoms with Crippen LogP contribution in [0.4, 0.5) is 0 Å². The highest BCUT2D eigenvalue weighted by atomic mass is 35.5. The first-order chi connectivity index (χ1) is 12.2. The number of imidazole rings is 1. The molecule has 0 radical (unpaired) electrons. The lowest BCUT2D eigenvalue weighted by Gasteiger charge is -2.03. The zero-order valence-corrected chi connectivity index (χ0v) is 15.1. The zero-order chi connectivity index (χ0) is 17.5. The average Bonchev–Trinajstić information content (AvgIpc) is 3.29. The number of carbonyl (C=O) groups is 1. The molecule has 0 atom stereocenters. The Bertz CT molecular complexity index is 855. The summed E-state index contributed by atoms with van der Waals surface area (Å²) in [5, 5.41) is 3.62. The summed E-state index contributed by atoms with van der Waals surface area (Å²) in [7, 11) is 0. The molecule has 0 fully saturated rings. The van der Waals surface area contributed by atoms with Crippen molar-refractivity contribution in [2.75, 3.05) is 6.54 Å². The van der Waals surface area contributed by atoms with Crippen LogP contribution in [0.15, 0.2) is 61.2 Å². The van der Waals surface area contributed by atoms with Crippen molar-refractivity contribution in [3.05, 3.63) is 71.1 Å². The standard InChI is InChI=1S/C19H18ClN3OS/c20-17-5-2-1-4-16(17)18-8-6-15(25-18)7-9-19(24)22-10-3-12-23-13-11-21-14-23/h1-2,4-9,11,13-14H,3,10,12H2,(H,22,24). The lowest BCUT2D eigenvalue weighted by molar-refractivity contribution is -0.116. The molecule has 1 aromatic carbocycles. The lowest BCUT2D eigenvalue weighted by atomic mass is 10.2. The smallest absolute Gasteiger partial charge is 0.244 e. The van der Waals surface area contributed by atoms with E-state index in [-0.39, 0.29) is 5.91 Å². The van der Waals surface area contributed by atoms with E-state index < -0.39 is 0 Å². The van der Waals surface area contributed by atoms with Gasteiger partial charge in [0.25, 0.3) is 0 Å². The molecule has 4 nitrogen and oxygen atoms in total. The fraction of sp³-hybridized carbons (Fsp3) is 0.158. The minimum atomic E-state index is -0.0849. The Hall–Kier alpha value is -2.37. The number of halogens is 1. The van der Waals surface area contributed by atoms with E-state index in [0.29, 0.717) is 6.54 Å². The highest BCUT2D eigenvalue weighted by molar-refractivity contribution is 7.16. The van der Waals surface area contributed by atoms with Crippen molar-refractivity contribution in [2.45, 2.75) is 13.0 Å². The monoisotopic (exact) mass is 371 g/mol. The van der Waals surface area contributed by atoms with E-state index in [4.69, 9.17) is 11.6 Å². The van der Waals surface area contributed by atoms with Crippen molar-refractivity contribution < 1.29 is 4.79 Å². The Morgan fingerprint density at radius 2 is 2.16 bits per heavy atom. The highest BCUT2D eigenvalue weighted by Gasteiger charge is 2.05. The van der Waals surface area contributed by atoms with E-state index in [9.17, 15) is 4.79 Å². The van der Waals surface area contributed by atoms with Gasteiger partial charge in [0.2, 0.25) is 5.91 Å². The number of aromatic nitrogens is 2. The molecule has 0 aliphatic carbocycles. The third kappa shape index (κ3) is 5.05. The van der Waals surface area contributed by atoms with Crippen molar-refractivity contribution in [1.82, 2.24) is 14.9 Å². The van der Waals surface area contributed by atoms with Crippen LogP contribution in [-0.4, -0.2) is 22.0 Å². The van der Waals surface area contributed by atoms with Crippen molar-refractivity contribution in [2.24, 2.45) is 0 Å². The summed E-state index contributed by atoms with van der Waals surface area (Å²) >= 11 is 7.83. The maximum atomic E-state index is 11.9. The molecule has 0 aliphatic heterocycles.